The highest BCUT2D eigenvalue weighted by atomic mass is 16.2. The van der Waals surface area contributed by atoms with E-state index in [1.54, 1.807) is 26.8 Å². The molecular weight excluding hydrogens is 518 g/mol. The molecule has 2 saturated carbocycles. The summed E-state index contributed by atoms with van der Waals surface area (Å²) < 4.78 is 0. The van der Waals surface area contributed by atoms with Gasteiger partial charge < -0.3 is 10.6 Å². The van der Waals surface area contributed by atoms with Crippen molar-refractivity contribution < 1.29 is 24.0 Å². The van der Waals surface area contributed by atoms with E-state index in [0.29, 0.717) is 36.4 Å². The first-order chi connectivity index (χ1) is 19.5. The Morgan fingerprint density at radius 2 is 1.66 bits per heavy atom. The van der Waals surface area contributed by atoms with Gasteiger partial charge in [0.05, 0.1) is 11.6 Å². The summed E-state index contributed by atoms with van der Waals surface area (Å²) in [6.07, 6.45) is 7.77. The zero-order chi connectivity index (χ0) is 29.6. The topological polar surface area (TPSA) is 122 Å². The highest BCUT2D eigenvalue weighted by Gasteiger charge is 2.37. The maximum absolute atomic E-state index is 13.8. The molecule has 2 aliphatic carbocycles. The number of benzene rings is 1. The Bertz CT molecular complexity index is 1290. The molecule has 8 nitrogen and oxygen atoms in total. The van der Waals surface area contributed by atoms with E-state index in [-0.39, 0.29) is 30.3 Å². The third-order valence-electron chi connectivity index (χ3n) is 8.33. The fraction of sp³-hybridized carbons (Fsp3) is 0.576. The summed E-state index contributed by atoms with van der Waals surface area (Å²) in [6.45, 7) is 5.33. The third kappa shape index (κ3) is 8.54. The van der Waals surface area contributed by atoms with Gasteiger partial charge in [-0.3, -0.25) is 24.0 Å². The molecule has 1 heterocycles. The minimum atomic E-state index is -1.13. The molecule has 2 N–H and O–H groups in total. The van der Waals surface area contributed by atoms with Crippen molar-refractivity contribution >= 4 is 40.1 Å². The smallest absolute Gasteiger partial charge is 0.290 e. The lowest BCUT2D eigenvalue weighted by atomic mass is 9.80. The van der Waals surface area contributed by atoms with E-state index < -0.39 is 35.1 Å². The molecule has 0 unspecified atom stereocenters. The molecule has 2 fully saturated rings. The van der Waals surface area contributed by atoms with Crippen LogP contribution in [0.4, 0.5) is 0 Å². The number of hydrogen-bond acceptors (Lipinski definition) is 6. The Kier molecular flexibility index (Phi) is 10.1. The molecule has 2 aromatic rings. The summed E-state index contributed by atoms with van der Waals surface area (Å²) in [4.78, 5) is 70.4. The summed E-state index contributed by atoms with van der Waals surface area (Å²) in [7, 11) is 0. The number of Topliss-reactive ketones (excluding diaryl/α,β-unsaturated/α-hetero) is 3. The van der Waals surface area contributed by atoms with Crippen molar-refractivity contribution in [2.45, 2.75) is 103 Å². The SMILES string of the molecule is CC(C)(C)NC(=O)C(=O)[C@H](C[C@@H]1CCCC1=O)NC(=O)[C@@H](CC(=O)c1ccc2ccccc2n1)CC1CCCCC1. The molecule has 1 aromatic heterocycles. The fourth-order valence-electron chi connectivity index (χ4n) is 6.16. The van der Waals surface area contributed by atoms with Gasteiger partial charge in [-0.05, 0) is 64.5 Å². The van der Waals surface area contributed by atoms with E-state index in [4.69, 9.17) is 0 Å². The quantitative estimate of drug-likeness (QED) is 0.290. The van der Waals surface area contributed by atoms with Crippen LogP contribution in [0, 0.1) is 17.8 Å². The molecule has 0 radical (unpaired) electrons. The summed E-state index contributed by atoms with van der Waals surface area (Å²) in [6, 6.07) is 9.97. The number of amides is 2. The summed E-state index contributed by atoms with van der Waals surface area (Å²) in [5, 5.41) is 6.45. The van der Waals surface area contributed by atoms with Gasteiger partial charge >= 0.3 is 0 Å². The number of fused-ring (bicyclic) bond motifs is 1. The number of pyridine rings is 1. The van der Waals surface area contributed by atoms with E-state index in [0.717, 1.165) is 37.5 Å². The van der Waals surface area contributed by atoms with Crippen molar-refractivity contribution in [1.82, 2.24) is 15.6 Å². The maximum atomic E-state index is 13.8. The van der Waals surface area contributed by atoms with E-state index in [1.807, 2.05) is 30.3 Å². The Morgan fingerprint density at radius 3 is 2.34 bits per heavy atom. The van der Waals surface area contributed by atoms with Crippen LogP contribution in [0.5, 0.6) is 0 Å². The Morgan fingerprint density at radius 1 is 0.927 bits per heavy atom. The first kappa shape index (κ1) is 30.5. The highest BCUT2D eigenvalue weighted by molar-refractivity contribution is 6.38. The number of aromatic nitrogens is 1. The first-order valence-corrected chi connectivity index (χ1v) is 15.1. The number of nitrogens with one attached hydrogen (secondary N) is 2. The first-order valence-electron chi connectivity index (χ1n) is 15.1. The predicted molar refractivity (Wildman–Crippen MR) is 157 cm³/mol. The zero-order valence-electron chi connectivity index (χ0n) is 24.5. The molecule has 8 heteroatoms. The molecule has 0 saturated heterocycles. The van der Waals surface area contributed by atoms with Gasteiger partial charge in [0.1, 0.15) is 11.5 Å². The van der Waals surface area contributed by atoms with Gasteiger partial charge in [-0.25, -0.2) is 4.98 Å². The van der Waals surface area contributed by atoms with Gasteiger partial charge in [0, 0.05) is 35.6 Å². The Labute approximate surface area is 242 Å². The highest BCUT2D eigenvalue weighted by Crippen LogP contribution is 2.31. The zero-order valence-corrected chi connectivity index (χ0v) is 24.5. The van der Waals surface area contributed by atoms with E-state index in [9.17, 15) is 24.0 Å². The van der Waals surface area contributed by atoms with Crippen molar-refractivity contribution in [3.05, 3.63) is 42.1 Å². The summed E-state index contributed by atoms with van der Waals surface area (Å²) in [5.74, 6) is -2.86. The predicted octanol–water partition coefficient (Wildman–Crippen LogP) is 5.12. The van der Waals surface area contributed by atoms with Crippen LogP contribution in [0.2, 0.25) is 0 Å². The van der Waals surface area contributed by atoms with Crippen molar-refractivity contribution in [2.24, 2.45) is 17.8 Å². The van der Waals surface area contributed by atoms with Crippen LogP contribution < -0.4 is 10.6 Å². The Balaban J connectivity index is 1.54. The van der Waals surface area contributed by atoms with E-state index in [1.165, 1.54) is 6.42 Å². The van der Waals surface area contributed by atoms with Crippen molar-refractivity contribution in [3.63, 3.8) is 0 Å². The second kappa shape index (κ2) is 13.5. The van der Waals surface area contributed by atoms with Crippen LogP contribution in [0.1, 0.15) is 102 Å². The lowest BCUT2D eigenvalue weighted by molar-refractivity contribution is -0.141. The van der Waals surface area contributed by atoms with E-state index in [2.05, 4.69) is 15.6 Å². The van der Waals surface area contributed by atoms with Gasteiger partial charge in [0.2, 0.25) is 11.7 Å². The minimum absolute atomic E-state index is 0.0366. The van der Waals surface area contributed by atoms with Crippen LogP contribution in [-0.2, 0) is 19.2 Å². The van der Waals surface area contributed by atoms with Crippen LogP contribution in [0.25, 0.3) is 10.9 Å². The fourth-order valence-corrected chi connectivity index (χ4v) is 6.16. The van der Waals surface area contributed by atoms with Crippen LogP contribution >= 0.6 is 0 Å². The van der Waals surface area contributed by atoms with Gasteiger partial charge in [-0.15, -0.1) is 0 Å². The molecule has 0 spiro atoms. The summed E-state index contributed by atoms with van der Waals surface area (Å²) >= 11 is 0. The van der Waals surface area contributed by atoms with Crippen molar-refractivity contribution in [1.29, 1.82) is 0 Å². The second-order valence-corrected chi connectivity index (χ2v) is 12.9. The summed E-state index contributed by atoms with van der Waals surface area (Å²) in [5.41, 5.74) is 0.384. The molecule has 0 bridgehead atoms. The molecule has 4 rings (SSSR count). The average Bonchev–Trinajstić information content (AvgIpc) is 3.35. The van der Waals surface area contributed by atoms with Gasteiger partial charge in [0.15, 0.2) is 5.78 Å². The maximum Gasteiger partial charge on any atom is 0.290 e. The van der Waals surface area contributed by atoms with Crippen LogP contribution in [-0.4, -0.2) is 45.7 Å². The molecule has 3 atom stereocenters. The monoisotopic (exact) mass is 561 g/mol. The molecule has 2 amide bonds. The lowest BCUT2D eigenvalue weighted by Crippen LogP contribution is -2.53. The number of ketones is 3. The molecule has 220 valence electrons. The number of hydrogen-bond donors (Lipinski definition) is 2. The standard InChI is InChI=1S/C33H43N3O5/c1-33(2,3)36-32(41)30(39)27(19-23-13-9-15-28(23)37)35-31(40)24(18-21-10-5-4-6-11-21)20-29(38)26-17-16-22-12-7-8-14-25(22)34-26/h7-8,12,14,16-17,21,23-24,27H,4-6,9-11,13,15,18-20H2,1-3H3,(H,35,40)(H,36,41)/t23-,24+,27-/m0/s1. The number of rotatable bonds is 11. The van der Waals surface area contributed by atoms with Crippen molar-refractivity contribution in [2.75, 3.05) is 0 Å². The van der Waals surface area contributed by atoms with Gasteiger partial charge in [0.25, 0.3) is 5.91 Å². The molecule has 2 aliphatic rings. The molecule has 0 aliphatic heterocycles. The number of para-hydroxylation sites is 1. The van der Waals surface area contributed by atoms with Crippen molar-refractivity contribution in [3.8, 4) is 0 Å². The van der Waals surface area contributed by atoms with Crippen LogP contribution in [0.3, 0.4) is 0 Å². The normalized spacial score (nSPS) is 19.5. The lowest BCUT2D eigenvalue weighted by Gasteiger charge is -2.28. The average molecular weight is 562 g/mol. The molecular formula is C33H43N3O5. The number of carbonyl (C=O) groups excluding carboxylic acids is 5. The minimum Gasteiger partial charge on any atom is -0.345 e. The molecule has 1 aromatic carbocycles. The number of carbonyl (C=O) groups is 5. The Hall–Kier alpha value is -3.42. The van der Waals surface area contributed by atoms with Gasteiger partial charge in [-0.2, -0.15) is 0 Å². The van der Waals surface area contributed by atoms with Crippen LogP contribution in [0.15, 0.2) is 36.4 Å². The number of nitrogens with zero attached hydrogens (tertiary/aromatic N) is 1. The van der Waals surface area contributed by atoms with Gasteiger partial charge in [-0.1, -0.05) is 56.4 Å². The molecule has 41 heavy (non-hydrogen) atoms. The van der Waals surface area contributed by atoms with E-state index >= 15 is 0 Å². The largest absolute Gasteiger partial charge is 0.345 e. The third-order valence-corrected chi connectivity index (χ3v) is 8.33. The second-order valence-electron chi connectivity index (χ2n) is 12.9.